The summed E-state index contributed by atoms with van der Waals surface area (Å²) >= 11 is 0. The number of anilines is 1. The van der Waals surface area contributed by atoms with E-state index in [2.05, 4.69) is 19.2 Å². The lowest BCUT2D eigenvalue weighted by Crippen LogP contribution is -2.16. The molecule has 0 fully saturated rings. The Hall–Kier alpha value is -2.27. The van der Waals surface area contributed by atoms with Gasteiger partial charge in [-0.1, -0.05) is 20.3 Å². The van der Waals surface area contributed by atoms with Crippen LogP contribution < -0.4 is 11.1 Å². The zero-order valence-corrected chi connectivity index (χ0v) is 15.2. The molecular weight excluding hydrogens is 314 g/mol. The van der Waals surface area contributed by atoms with Crippen molar-refractivity contribution in [2.75, 3.05) is 18.5 Å². The van der Waals surface area contributed by atoms with Gasteiger partial charge in [0.25, 0.3) is 0 Å². The molecule has 1 aliphatic carbocycles. The number of ether oxygens (including phenoxy) is 1. The normalized spacial score (nSPS) is 14.7. The Morgan fingerprint density at radius 3 is 2.52 bits per heavy atom. The van der Waals surface area contributed by atoms with Crippen LogP contribution in [0, 0.1) is 5.41 Å². The molecule has 0 radical (unpaired) electrons. The summed E-state index contributed by atoms with van der Waals surface area (Å²) in [7, 11) is 0. The SMILES string of the molecule is CCCC1=C(OCCO)CCC(CC)=C1Nc1ccc(C(=N)N)cc1. The van der Waals surface area contributed by atoms with E-state index >= 15 is 0 Å². The van der Waals surface area contributed by atoms with E-state index in [1.807, 2.05) is 24.3 Å². The molecule has 25 heavy (non-hydrogen) atoms. The molecule has 0 bridgehead atoms. The highest BCUT2D eigenvalue weighted by Crippen LogP contribution is 2.35. The molecule has 5 heteroatoms. The summed E-state index contributed by atoms with van der Waals surface area (Å²) < 4.78 is 5.82. The van der Waals surface area contributed by atoms with Crippen LogP contribution in [0.4, 0.5) is 5.69 Å². The van der Waals surface area contributed by atoms with Crippen LogP contribution in [-0.4, -0.2) is 24.2 Å². The van der Waals surface area contributed by atoms with Gasteiger partial charge in [0, 0.05) is 28.9 Å². The number of rotatable bonds is 9. The van der Waals surface area contributed by atoms with E-state index < -0.39 is 0 Å². The van der Waals surface area contributed by atoms with Crippen LogP contribution in [0.15, 0.2) is 46.9 Å². The highest BCUT2D eigenvalue weighted by molar-refractivity contribution is 5.95. The second-order valence-electron chi connectivity index (χ2n) is 6.17. The lowest BCUT2D eigenvalue weighted by Gasteiger charge is -2.27. The van der Waals surface area contributed by atoms with Crippen LogP contribution in [-0.2, 0) is 4.74 Å². The third kappa shape index (κ3) is 4.86. The molecule has 0 aliphatic heterocycles. The fourth-order valence-electron chi connectivity index (χ4n) is 3.13. The number of nitrogens with one attached hydrogen (secondary N) is 2. The number of benzene rings is 1. The Balaban J connectivity index is 2.32. The van der Waals surface area contributed by atoms with Crippen LogP contribution >= 0.6 is 0 Å². The zero-order valence-electron chi connectivity index (χ0n) is 15.2. The van der Waals surface area contributed by atoms with E-state index in [0.717, 1.165) is 54.8 Å². The van der Waals surface area contributed by atoms with Crippen molar-refractivity contribution >= 4 is 11.5 Å². The smallest absolute Gasteiger partial charge is 0.122 e. The molecule has 1 aliphatic rings. The summed E-state index contributed by atoms with van der Waals surface area (Å²) in [6.07, 6.45) is 4.84. The maximum Gasteiger partial charge on any atom is 0.122 e. The average Bonchev–Trinajstić information content (AvgIpc) is 2.62. The Morgan fingerprint density at radius 1 is 1.24 bits per heavy atom. The Kier molecular flexibility index (Phi) is 7.07. The Bertz CT molecular complexity index is 660. The van der Waals surface area contributed by atoms with E-state index in [0.29, 0.717) is 6.61 Å². The van der Waals surface area contributed by atoms with Crippen LogP contribution in [0.2, 0.25) is 0 Å². The van der Waals surface area contributed by atoms with Gasteiger partial charge in [-0.25, -0.2) is 0 Å². The summed E-state index contributed by atoms with van der Waals surface area (Å²) in [5.41, 5.74) is 11.0. The van der Waals surface area contributed by atoms with Crippen molar-refractivity contribution < 1.29 is 9.84 Å². The van der Waals surface area contributed by atoms with Gasteiger partial charge in [0.2, 0.25) is 0 Å². The molecule has 2 rings (SSSR count). The molecule has 0 atom stereocenters. The molecule has 0 saturated carbocycles. The van der Waals surface area contributed by atoms with E-state index in [9.17, 15) is 0 Å². The molecule has 0 aromatic heterocycles. The summed E-state index contributed by atoms with van der Waals surface area (Å²) in [5, 5.41) is 20.1. The lowest BCUT2D eigenvalue weighted by atomic mass is 9.90. The number of nitrogen functional groups attached to an aromatic ring is 1. The second-order valence-corrected chi connectivity index (χ2v) is 6.17. The van der Waals surface area contributed by atoms with Gasteiger partial charge < -0.3 is 20.9 Å². The summed E-state index contributed by atoms with van der Waals surface area (Å²) in [6, 6.07) is 7.60. The molecule has 0 amide bonds. The van der Waals surface area contributed by atoms with Gasteiger partial charge >= 0.3 is 0 Å². The van der Waals surface area contributed by atoms with E-state index in [-0.39, 0.29) is 12.4 Å². The first-order valence-corrected chi connectivity index (χ1v) is 9.00. The van der Waals surface area contributed by atoms with Crippen molar-refractivity contribution in [3.63, 3.8) is 0 Å². The number of aliphatic hydroxyl groups excluding tert-OH is 1. The third-order valence-electron chi connectivity index (χ3n) is 4.41. The Morgan fingerprint density at radius 2 is 1.96 bits per heavy atom. The zero-order chi connectivity index (χ0) is 18.2. The predicted molar refractivity (Wildman–Crippen MR) is 103 cm³/mol. The van der Waals surface area contributed by atoms with Crippen molar-refractivity contribution in [1.29, 1.82) is 5.41 Å². The topological polar surface area (TPSA) is 91.4 Å². The number of hydrogen-bond acceptors (Lipinski definition) is 4. The van der Waals surface area contributed by atoms with Gasteiger partial charge in [-0.3, -0.25) is 5.41 Å². The minimum absolute atomic E-state index is 0.0303. The molecule has 0 spiro atoms. The summed E-state index contributed by atoms with van der Waals surface area (Å²) in [4.78, 5) is 0. The highest BCUT2D eigenvalue weighted by atomic mass is 16.5. The first kappa shape index (κ1) is 19.1. The standard InChI is InChI=1S/C20H29N3O2/c1-3-5-17-18(25-13-12-24)11-8-14(4-2)19(17)23-16-9-6-15(7-10-16)20(21)22/h6-7,9-10,23-24H,3-5,8,11-13H2,1-2H3,(H3,21,22). The molecule has 0 saturated heterocycles. The average molecular weight is 343 g/mol. The van der Waals surface area contributed by atoms with E-state index in [1.54, 1.807) is 0 Å². The van der Waals surface area contributed by atoms with Crippen molar-refractivity contribution in [1.82, 2.24) is 0 Å². The molecule has 1 aromatic rings. The minimum atomic E-state index is 0.0303. The van der Waals surface area contributed by atoms with E-state index in [4.69, 9.17) is 21.0 Å². The van der Waals surface area contributed by atoms with Crippen molar-refractivity contribution in [3.05, 3.63) is 52.4 Å². The maximum atomic E-state index is 9.08. The molecule has 1 aromatic carbocycles. The van der Waals surface area contributed by atoms with Crippen LogP contribution in [0.1, 0.15) is 51.5 Å². The number of nitrogens with two attached hydrogens (primary N) is 1. The highest BCUT2D eigenvalue weighted by Gasteiger charge is 2.22. The lowest BCUT2D eigenvalue weighted by molar-refractivity contribution is 0.136. The van der Waals surface area contributed by atoms with Gasteiger partial charge in [-0.15, -0.1) is 0 Å². The summed E-state index contributed by atoms with van der Waals surface area (Å²) in [5.74, 6) is 1.07. The minimum Gasteiger partial charge on any atom is -0.495 e. The monoisotopic (exact) mass is 343 g/mol. The molecule has 5 nitrogen and oxygen atoms in total. The van der Waals surface area contributed by atoms with Crippen molar-refractivity contribution in [3.8, 4) is 0 Å². The molecule has 136 valence electrons. The fraction of sp³-hybridized carbons (Fsp3) is 0.450. The number of hydrogen-bond donors (Lipinski definition) is 4. The van der Waals surface area contributed by atoms with Crippen molar-refractivity contribution in [2.45, 2.75) is 46.0 Å². The fourth-order valence-corrected chi connectivity index (χ4v) is 3.13. The second kappa shape index (κ2) is 9.28. The van der Waals surface area contributed by atoms with Gasteiger partial charge in [0.15, 0.2) is 0 Å². The van der Waals surface area contributed by atoms with Gasteiger partial charge in [-0.05, 0) is 49.1 Å². The van der Waals surface area contributed by atoms with Crippen LogP contribution in [0.25, 0.3) is 0 Å². The molecular formula is C20H29N3O2. The maximum absolute atomic E-state index is 9.08. The Labute approximate surface area is 150 Å². The first-order chi connectivity index (χ1) is 12.1. The van der Waals surface area contributed by atoms with E-state index in [1.165, 1.54) is 11.1 Å². The van der Waals surface area contributed by atoms with Gasteiger partial charge in [0.1, 0.15) is 18.2 Å². The van der Waals surface area contributed by atoms with Crippen molar-refractivity contribution in [2.24, 2.45) is 5.73 Å². The predicted octanol–water partition coefficient (Wildman–Crippen LogP) is 3.90. The number of aliphatic hydroxyl groups is 1. The molecule has 0 heterocycles. The summed E-state index contributed by atoms with van der Waals surface area (Å²) in [6.45, 7) is 4.71. The number of allylic oxidation sites excluding steroid dienone is 3. The first-order valence-electron chi connectivity index (χ1n) is 9.00. The third-order valence-corrected chi connectivity index (χ3v) is 4.41. The largest absolute Gasteiger partial charge is 0.495 e. The van der Waals surface area contributed by atoms with Gasteiger partial charge in [0.05, 0.1) is 6.61 Å². The molecule has 0 unspecified atom stereocenters. The number of amidine groups is 1. The molecule has 5 N–H and O–H groups in total. The van der Waals surface area contributed by atoms with Gasteiger partial charge in [-0.2, -0.15) is 0 Å². The van der Waals surface area contributed by atoms with Crippen LogP contribution in [0.3, 0.4) is 0 Å². The quantitative estimate of drug-likeness (QED) is 0.404. The van der Waals surface area contributed by atoms with Crippen LogP contribution in [0.5, 0.6) is 0 Å².